The summed E-state index contributed by atoms with van der Waals surface area (Å²) in [5, 5.41) is 23.1. The van der Waals surface area contributed by atoms with Crippen LogP contribution in [0.2, 0.25) is 0 Å². The topological polar surface area (TPSA) is 69.6 Å². The van der Waals surface area contributed by atoms with Crippen molar-refractivity contribution >= 4 is 5.91 Å². The average Bonchev–Trinajstić information content (AvgIpc) is 3.26. The van der Waals surface area contributed by atoms with Crippen LogP contribution in [0.5, 0.6) is 0 Å². The first-order chi connectivity index (χ1) is 30.2. The largest absolute Gasteiger partial charge is 0.394 e. The Labute approximate surface area is 382 Å². The van der Waals surface area contributed by atoms with Gasteiger partial charge in [-0.3, -0.25) is 4.79 Å². The van der Waals surface area contributed by atoms with Crippen LogP contribution in [0.25, 0.3) is 0 Å². The molecule has 0 aromatic heterocycles. The summed E-state index contributed by atoms with van der Waals surface area (Å²) in [7, 11) is 0. The van der Waals surface area contributed by atoms with E-state index in [2.05, 4.69) is 43.5 Å². The zero-order valence-corrected chi connectivity index (χ0v) is 41.4. The molecule has 0 radical (unpaired) electrons. The fourth-order valence-electron chi connectivity index (χ4n) is 8.63. The van der Waals surface area contributed by atoms with E-state index in [1.165, 1.54) is 244 Å². The number of hydrogen-bond acceptors (Lipinski definition) is 3. The Morgan fingerprint density at radius 3 is 0.951 bits per heavy atom. The third-order valence-electron chi connectivity index (χ3n) is 12.9. The van der Waals surface area contributed by atoms with Crippen LogP contribution in [0.15, 0.2) is 36.5 Å². The van der Waals surface area contributed by atoms with Crippen LogP contribution in [0.4, 0.5) is 0 Å². The monoisotopic (exact) mass is 856 g/mol. The maximum atomic E-state index is 12.5. The van der Waals surface area contributed by atoms with Crippen molar-refractivity contribution in [3.8, 4) is 0 Å². The maximum absolute atomic E-state index is 12.5. The maximum Gasteiger partial charge on any atom is 0.220 e. The first-order valence-electron chi connectivity index (χ1n) is 27.7. The highest BCUT2D eigenvalue weighted by molar-refractivity contribution is 5.76. The number of carbonyl (C=O) groups is 1. The van der Waals surface area contributed by atoms with Gasteiger partial charge in [-0.15, -0.1) is 0 Å². The molecule has 0 fully saturated rings. The lowest BCUT2D eigenvalue weighted by atomic mass is 10.0. The summed E-state index contributed by atoms with van der Waals surface area (Å²) in [4.78, 5) is 12.5. The Kier molecular flexibility index (Phi) is 51.7. The molecule has 0 aromatic rings. The molecule has 2 unspecified atom stereocenters. The lowest BCUT2D eigenvalue weighted by molar-refractivity contribution is -0.123. The molecule has 0 aliphatic rings. The standard InChI is InChI=1S/C57H109NO3/c1-3-5-7-9-11-13-15-17-19-21-23-25-27-29-31-33-35-37-39-41-43-45-47-49-51-53-57(61)58-55(54-59)56(60)52-50-48-46-44-42-40-38-36-34-32-30-28-26-24-22-20-18-16-14-12-10-8-6-4-2/h34,36,42,44,50,52,55-56,59-60H,3-33,35,37-41,43,45-49,51,53-54H2,1-2H3,(H,58,61)/b36-34+,44-42+,52-50+. The molecule has 0 rings (SSSR count). The first kappa shape index (κ1) is 59.6. The Hall–Kier alpha value is -1.39. The highest BCUT2D eigenvalue weighted by Crippen LogP contribution is 2.17. The molecule has 0 heterocycles. The molecule has 61 heavy (non-hydrogen) atoms. The number of aliphatic hydroxyl groups is 2. The van der Waals surface area contributed by atoms with Gasteiger partial charge in [0, 0.05) is 6.42 Å². The summed E-state index contributed by atoms with van der Waals surface area (Å²) in [5.74, 6) is -0.0721. The van der Waals surface area contributed by atoms with Crippen LogP contribution in [0, 0.1) is 0 Å². The first-order valence-corrected chi connectivity index (χ1v) is 27.7. The van der Waals surface area contributed by atoms with Crippen molar-refractivity contribution < 1.29 is 15.0 Å². The predicted molar refractivity (Wildman–Crippen MR) is 272 cm³/mol. The van der Waals surface area contributed by atoms with Crippen molar-refractivity contribution in [2.45, 2.75) is 315 Å². The second-order valence-electron chi connectivity index (χ2n) is 19.0. The van der Waals surface area contributed by atoms with Crippen LogP contribution in [0.1, 0.15) is 303 Å². The molecule has 0 aromatic carbocycles. The number of carbonyl (C=O) groups excluding carboxylic acids is 1. The Balaban J connectivity index is 3.53. The number of amides is 1. The minimum Gasteiger partial charge on any atom is -0.394 e. The van der Waals surface area contributed by atoms with Crippen LogP contribution >= 0.6 is 0 Å². The second-order valence-corrected chi connectivity index (χ2v) is 19.0. The van der Waals surface area contributed by atoms with Crippen molar-refractivity contribution in [1.29, 1.82) is 0 Å². The van der Waals surface area contributed by atoms with Gasteiger partial charge in [0.15, 0.2) is 0 Å². The Bertz CT molecular complexity index is 928. The average molecular weight is 857 g/mol. The minimum absolute atomic E-state index is 0.0721. The number of nitrogens with one attached hydrogen (secondary N) is 1. The SMILES string of the molecule is CCCCCCCCCCCCCCCC/C=C/CC/C=C/CC/C=C/C(O)C(CO)NC(=O)CCCCCCCCCCCCCCCCCCCCCCCCCCC. The van der Waals surface area contributed by atoms with E-state index in [0.29, 0.717) is 6.42 Å². The van der Waals surface area contributed by atoms with E-state index < -0.39 is 12.1 Å². The summed E-state index contributed by atoms with van der Waals surface area (Å²) >= 11 is 0. The fraction of sp³-hybridized carbons (Fsp3) is 0.877. The van der Waals surface area contributed by atoms with E-state index in [1.807, 2.05) is 6.08 Å². The molecule has 0 bridgehead atoms. The molecule has 0 aliphatic heterocycles. The number of hydrogen-bond donors (Lipinski definition) is 3. The van der Waals surface area contributed by atoms with Gasteiger partial charge in [0.1, 0.15) is 0 Å². The molecular weight excluding hydrogens is 747 g/mol. The molecule has 0 saturated heterocycles. The zero-order chi connectivity index (χ0) is 44.2. The van der Waals surface area contributed by atoms with E-state index in [1.54, 1.807) is 6.08 Å². The van der Waals surface area contributed by atoms with E-state index in [0.717, 1.165) is 38.5 Å². The van der Waals surface area contributed by atoms with Gasteiger partial charge in [0.25, 0.3) is 0 Å². The van der Waals surface area contributed by atoms with Gasteiger partial charge >= 0.3 is 0 Å². The van der Waals surface area contributed by atoms with Crippen molar-refractivity contribution in [2.24, 2.45) is 0 Å². The summed E-state index contributed by atoms with van der Waals surface area (Å²) in [6, 6.07) is -0.644. The predicted octanol–water partition coefficient (Wildman–Crippen LogP) is 18.1. The summed E-state index contributed by atoms with van der Waals surface area (Å²) in [5.41, 5.74) is 0. The van der Waals surface area contributed by atoms with Gasteiger partial charge < -0.3 is 15.5 Å². The van der Waals surface area contributed by atoms with Gasteiger partial charge in [-0.05, 0) is 44.9 Å². The third kappa shape index (κ3) is 49.5. The molecule has 4 heteroatoms. The number of rotatable bonds is 51. The summed E-state index contributed by atoms with van der Waals surface area (Å²) in [6.45, 7) is 4.33. The van der Waals surface area contributed by atoms with Gasteiger partial charge in [-0.1, -0.05) is 288 Å². The van der Waals surface area contributed by atoms with Gasteiger partial charge in [-0.2, -0.15) is 0 Å². The molecule has 0 aliphatic carbocycles. The summed E-state index contributed by atoms with van der Waals surface area (Å²) < 4.78 is 0. The van der Waals surface area contributed by atoms with E-state index in [9.17, 15) is 15.0 Å². The van der Waals surface area contributed by atoms with E-state index in [4.69, 9.17) is 0 Å². The van der Waals surface area contributed by atoms with Gasteiger partial charge in [0.2, 0.25) is 5.91 Å². The zero-order valence-electron chi connectivity index (χ0n) is 41.4. The Morgan fingerprint density at radius 2 is 0.639 bits per heavy atom. The van der Waals surface area contributed by atoms with Crippen LogP contribution < -0.4 is 5.32 Å². The van der Waals surface area contributed by atoms with Gasteiger partial charge in [-0.25, -0.2) is 0 Å². The third-order valence-corrected chi connectivity index (χ3v) is 12.9. The molecular formula is C57H109NO3. The van der Waals surface area contributed by atoms with Crippen molar-refractivity contribution in [3.63, 3.8) is 0 Å². The molecule has 0 saturated carbocycles. The molecule has 2 atom stereocenters. The fourth-order valence-corrected chi connectivity index (χ4v) is 8.63. The number of aliphatic hydroxyl groups excluding tert-OH is 2. The highest BCUT2D eigenvalue weighted by Gasteiger charge is 2.18. The second kappa shape index (κ2) is 53.0. The van der Waals surface area contributed by atoms with E-state index in [-0.39, 0.29) is 12.5 Å². The van der Waals surface area contributed by atoms with Crippen LogP contribution in [0.3, 0.4) is 0 Å². The lowest BCUT2D eigenvalue weighted by Gasteiger charge is -2.19. The smallest absolute Gasteiger partial charge is 0.220 e. The van der Waals surface area contributed by atoms with Crippen molar-refractivity contribution in [2.75, 3.05) is 6.61 Å². The highest BCUT2D eigenvalue weighted by atomic mass is 16.3. The molecule has 360 valence electrons. The van der Waals surface area contributed by atoms with Crippen molar-refractivity contribution in [1.82, 2.24) is 5.32 Å². The number of allylic oxidation sites excluding steroid dienone is 5. The van der Waals surface area contributed by atoms with Crippen LogP contribution in [-0.4, -0.2) is 34.9 Å². The van der Waals surface area contributed by atoms with E-state index >= 15 is 0 Å². The number of unbranched alkanes of at least 4 members (excludes halogenated alkanes) is 40. The molecule has 0 spiro atoms. The normalized spacial score (nSPS) is 13.0. The van der Waals surface area contributed by atoms with Crippen molar-refractivity contribution in [3.05, 3.63) is 36.5 Å². The quantitative estimate of drug-likeness (QED) is 0.0422. The van der Waals surface area contributed by atoms with Crippen LogP contribution in [-0.2, 0) is 4.79 Å². The Morgan fingerprint density at radius 1 is 0.377 bits per heavy atom. The van der Waals surface area contributed by atoms with Gasteiger partial charge in [0.05, 0.1) is 18.8 Å². The molecule has 4 nitrogen and oxygen atoms in total. The molecule has 1 amide bonds. The lowest BCUT2D eigenvalue weighted by Crippen LogP contribution is -2.45. The summed E-state index contributed by atoms with van der Waals surface area (Å²) in [6.07, 6.45) is 71.6. The minimum atomic E-state index is -0.869. The molecule has 3 N–H and O–H groups in total.